The number of hydrogen-bond acceptors (Lipinski definition) is 7. The average molecular weight is 496 g/mol. The molecule has 0 fully saturated rings. The summed E-state index contributed by atoms with van der Waals surface area (Å²) in [7, 11) is 0. The van der Waals surface area contributed by atoms with Crippen molar-refractivity contribution in [3.8, 4) is 0 Å². The van der Waals surface area contributed by atoms with Gasteiger partial charge in [-0.3, -0.25) is 24.0 Å². The zero-order chi connectivity index (χ0) is 24.4. The quantitative estimate of drug-likeness (QED) is 0.294. The van der Waals surface area contributed by atoms with Crippen LogP contribution in [0.4, 0.5) is 5.69 Å². The number of carbonyl (C=O) groups excluding carboxylic acids is 5. The summed E-state index contributed by atoms with van der Waals surface area (Å²) in [4.78, 5) is 63.2. The van der Waals surface area contributed by atoms with E-state index in [4.69, 9.17) is 16.3 Å². The Balaban J connectivity index is 1.41. The van der Waals surface area contributed by atoms with Gasteiger partial charge in [-0.25, -0.2) is 0 Å². The van der Waals surface area contributed by atoms with Crippen molar-refractivity contribution >= 4 is 57.9 Å². The minimum Gasteiger partial charge on any atom is -0.453 e. The molecule has 1 amide bonds. The van der Waals surface area contributed by atoms with Crippen LogP contribution in [-0.2, 0) is 14.3 Å². The number of hydrogen-bond donors (Lipinski definition) is 1. The van der Waals surface area contributed by atoms with Gasteiger partial charge in [-0.1, -0.05) is 48.0 Å². The van der Waals surface area contributed by atoms with Crippen molar-refractivity contribution in [2.45, 2.75) is 25.9 Å². The highest BCUT2D eigenvalue weighted by molar-refractivity contribution is 7.18. The number of Topliss-reactive ketones (excluding diaryl/α,β-unsaturated/α-hetero) is 1. The van der Waals surface area contributed by atoms with Crippen molar-refractivity contribution in [3.63, 3.8) is 0 Å². The summed E-state index contributed by atoms with van der Waals surface area (Å²) >= 11 is 6.94. The van der Waals surface area contributed by atoms with E-state index in [2.05, 4.69) is 5.32 Å². The Bertz CT molecular complexity index is 1340. The molecule has 9 heteroatoms. The molecule has 1 aliphatic carbocycles. The molecule has 1 aromatic heterocycles. The van der Waals surface area contributed by atoms with Gasteiger partial charge in [0, 0.05) is 23.1 Å². The van der Waals surface area contributed by atoms with Gasteiger partial charge in [0.25, 0.3) is 5.91 Å². The molecule has 1 unspecified atom stereocenters. The lowest BCUT2D eigenvalue weighted by atomic mass is 9.83. The van der Waals surface area contributed by atoms with E-state index in [1.54, 1.807) is 42.5 Å². The van der Waals surface area contributed by atoms with Crippen molar-refractivity contribution in [2.75, 3.05) is 5.32 Å². The van der Waals surface area contributed by atoms with E-state index in [0.717, 1.165) is 11.3 Å². The molecule has 1 N–H and O–H groups in total. The molecule has 0 spiro atoms. The van der Waals surface area contributed by atoms with Gasteiger partial charge in [-0.15, -0.1) is 11.3 Å². The first-order chi connectivity index (χ1) is 16.3. The Hall–Kier alpha value is -3.62. The number of rotatable bonds is 7. The molecule has 0 saturated carbocycles. The summed E-state index contributed by atoms with van der Waals surface area (Å²) in [5, 5.41) is 2.58. The van der Waals surface area contributed by atoms with E-state index in [1.165, 1.54) is 19.1 Å². The fourth-order valence-corrected chi connectivity index (χ4v) is 4.61. The molecular weight excluding hydrogens is 478 g/mol. The maximum absolute atomic E-state index is 13.0. The summed E-state index contributed by atoms with van der Waals surface area (Å²) in [5.41, 5.74) is 1.02. The van der Waals surface area contributed by atoms with Crippen LogP contribution in [0.25, 0.3) is 0 Å². The highest BCUT2D eigenvalue weighted by Crippen LogP contribution is 2.32. The van der Waals surface area contributed by atoms with Gasteiger partial charge in [0.05, 0.1) is 26.9 Å². The van der Waals surface area contributed by atoms with Gasteiger partial charge >= 0.3 is 5.97 Å². The lowest BCUT2D eigenvalue weighted by Gasteiger charge is -2.21. The molecule has 0 saturated heterocycles. The number of thiophene rings is 1. The van der Waals surface area contributed by atoms with Gasteiger partial charge in [-0.05, 0) is 25.1 Å². The second-order valence-corrected chi connectivity index (χ2v) is 9.30. The largest absolute Gasteiger partial charge is 0.453 e. The number of fused-ring (bicyclic) bond motifs is 2. The third-order valence-electron chi connectivity index (χ3n) is 5.29. The van der Waals surface area contributed by atoms with Crippen LogP contribution in [0, 0.1) is 0 Å². The first-order valence-electron chi connectivity index (χ1n) is 10.4. The SMILES string of the molecule is CC(OC(=O)CCC(=O)c1ccc(Cl)s1)C(=O)Nc1cccc2c1C(=O)c1ccccc1C2=O. The molecule has 1 heterocycles. The van der Waals surface area contributed by atoms with E-state index in [0.29, 0.717) is 14.8 Å². The van der Waals surface area contributed by atoms with E-state index in [1.807, 2.05) is 0 Å². The second-order valence-electron chi connectivity index (χ2n) is 7.58. The summed E-state index contributed by atoms with van der Waals surface area (Å²) in [6.07, 6.45) is -1.46. The van der Waals surface area contributed by atoms with Gasteiger partial charge in [0.2, 0.25) is 0 Å². The molecule has 7 nitrogen and oxygen atoms in total. The molecule has 1 aliphatic rings. The van der Waals surface area contributed by atoms with Crippen LogP contribution < -0.4 is 5.32 Å². The van der Waals surface area contributed by atoms with Crippen LogP contribution in [0.3, 0.4) is 0 Å². The first kappa shape index (κ1) is 23.5. The summed E-state index contributed by atoms with van der Waals surface area (Å²) in [5.74, 6) is -2.31. The van der Waals surface area contributed by atoms with Crippen LogP contribution in [-0.4, -0.2) is 35.3 Å². The standard InChI is InChI=1S/C25H18ClNO6S/c1-13(33-21(29)12-9-18(28)19-10-11-20(26)34-19)25(32)27-17-8-4-7-16-22(17)24(31)15-6-3-2-5-14(15)23(16)30/h2-8,10-11,13H,9,12H2,1H3,(H,27,32). The Kier molecular flexibility index (Phi) is 6.72. The van der Waals surface area contributed by atoms with Crippen molar-refractivity contribution in [1.29, 1.82) is 0 Å². The van der Waals surface area contributed by atoms with Crippen LogP contribution >= 0.6 is 22.9 Å². The minimum absolute atomic E-state index is 0.0772. The molecule has 2 aromatic carbocycles. The number of ketones is 3. The van der Waals surface area contributed by atoms with E-state index < -0.39 is 18.0 Å². The van der Waals surface area contributed by atoms with E-state index >= 15 is 0 Å². The fourth-order valence-electron chi connectivity index (χ4n) is 3.60. The Morgan fingerprint density at radius 2 is 1.59 bits per heavy atom. The second kappa shape index (κ2) is 9.70. The zero-order valence-corrected chi connectivity index (χ0v) is 19.5. The Morgan fingerprint density at radius 1 is 0.912 bits per heavy atom. The van der Waals surface area contributed by atoms with E-state index in [-0.39, 0.29) is 52.6 Å². The monoisotopic (exact) mass is 495 g/mol. The highest BCUT2D eigenvalue weighted by atomic mass is 35.5. The maximum Gasteiger partial charge on any atom is 0.307 e. The first-order valence-corrected chi connectivity index (χ1v) is 11.6. The normalized spacial score (nSPS) is 13.0. The van der Waals surface area contributed by atoms with Crippen molar-refractivity contribution in [3.05, 3.63) is 86.1 Å². The van der Waals surface area contributed by atoms with Gasteiger partial charge in [0.15, 0.2) is 23.5 Å². The highest BCUT2D eigenvalue weighted by Gasteiger charge is 2.32. The van der Waals surface area contributed by atoms with Crippen molar-refractivity contribution in [1.82, 2.24) is 0 Å². The smallest absolute Gasteiger partial charge is 0.307 e. The molecule has 1 atom stereocenters. The zero-order valence-electron chi connectivity index (χ0n) is 17.9. The molecule has 172 valence electrons. The van der Waals surface area contributed by atoms with Crippen molar-refractivity contribution < 1.29 is 28.7 Å². The molecule has 4 rings (SSSR count). The molecular formula is C25H18ClNO6S. The lowest BCUT2D eigenvalue weighted by molar-refractivity contribution is -0.153. The van der Waals surface area contributed by atoms with Crippen LogP contribution in [0.2, 0.25) is 4.34 Å². The van der Waals surface area contributed by atoms with Gasteiger partial charge in [-0.2, -0.15) is 0 Å². The Labute approximate surface area is 203 Å². The van der Waals surface area contributed by atoms with Crippen molar-refractivity contribution in [2.24, 2.45) is 0 Å². The number of anilines is 1. The third-order valence-corrected chi connectivity index (χ3v) is 6.56. The number of amides is 1. The number of benzene rings is 2. The number of nitrogens with one attached hydrogen (secondary N) is 1. The van der Waals surface area contributed by atoms with Crippen LogP contribution in [0.15, 0.2) is 54.6 Å². The average Bonchev–Trinajstić information content (AvgIpc) is 3.27. The number of esters is 1. The minimum atomic E-state index is -1.18. The maximum atomic E-state index is 13.0. The molecule has 0 radical (unpaired) electrons. The van der Waals surface area contributed by atoms with Crippen LogP contribution in [0.1, 0.15) is 61.3 Å². The molecule has 34 heavy (non-hydrogen) atoms. The molecule has 0 aliphatic heterocycles. The van der Waals surface area contributed by atoms with Gasteiger partial charge < -0.3 is 10.1 Å². The summed E-state index contributed by atoms with van der Waals surface area (Å²) in [6, 6.07) is 14.3. The van der Waals surface area contributed by atoms with Gasteiger partial charge in [0.1, 0.15) is 0 Å². The van der Waals surface area contributed by atoms with E-state index in [9.17, 15) is 24.0 Å². The molecule has 0 bridgehead atoms. The molecule has 3 aromatic rings. The third kappa shape index (κ3) is 4.69. The number of halogens is 1. The summed E-state index contributed by atoms with van der Waals surface area (Å²) in [6.45, 7) is 1.38. The number of carbonyl (C=O) groups is 5. The Morgan fingerprint density at radius 3 is 2.26 bits per heavy atom. The lowest BCUT2D eigenvalue weighted by Crippen LogP contribution is -2.31. The number of ether oxygens (including phenoxy) is 1. The predicted molar refractivity (Wildman–Crippen MR) is 127 cm³/mol. The predicted octanol–water partition coefficient (Wildman–Crippen LogP) is 4.71. The topological polar surface area (TPSA) is 107 Å². The van der Waals surface area contributed by atoms with Crippen LogP contribution in [0.5, 0.6) is 0 Å². The fraction of sp³-hybridized carbons (Fsp3) is 0.160. The summed E-state index contributed by atoms with van der Waals surface area (Å²) < 4.78 is 5.62.